The molecule has 3 heterocycles. The van der Waals surface area contributed by atoms with Gasteiger partial charge in [-0.15, -0.1) is 11.3 Å². The van der Waals surface area contributed by atoms with Gasteiger partial charge in [0, 0.05) is 40.6 Å². The van der Waals surface area contributed by atoms with E-state index in [1.807, 2.05) is 75.4 Å². The number of nitrogens with zero attached hydrogens (tertiary/aromatic N) is 2. The van der Waals surface area contributed by atoms with Crippen molar-refractivity contribution in [1.29, 1.82) is 0 Å². The fourth-order valence-corrected chi connectivity index (χ4v) is 5.95. The highest BCUT2D eigenvalue weighted by molar-refractivity contribution is 7.17. The number of fused-ring (bicyclic) bond motifs is 5. The Morgan fingerprint density at radius 3 is 2.56 bits per heavy atom. The molecule has 3 aromatic heterocycles. The monoisotopic (exact) mass is 488 g/mol. The molecule has 0 unspecified atom stereocenters. The summed E-state index contributed by atoms with van der Waals surface area (Å²) in [6, 6.07) is 28.6. The van der Waals surface area contributed by atoms with Crippen LogP contribution in [0.3, 0.4) is 0 Å². The molecule has 7 aromatic rings. The van der Waals surface area contributed by atoms with Gasteiger partial charge >= 0.3 is 0 Å². The molecule has 7 rings (SSSR count). The Morgan fingerprint density at radius 1 is 0.861 bits per heavy atom. The summed E-state index contributed by atoms with van der Waals surface area (Å²) in [5, 5.41) is 5.35. The van der Waals surface area contributed by atoms with Crippen molar-refractivity contribution in [1.82, 2.24) is 9.55 Å². The SMILES string of the molecule is [2H]C([2H])(c1ccc2scc(-c3nc4ccccc4n3-c3ccc4c(c3)oc3ccccc34)c2c1)C(C)(C)C. The number of thiophene rings is 1. The molecule has 4 heteroatoms. The van der Waals surface area contributed by atoms with Gasteiger partial charge in [-0.3, -0.25) is 4.57 Å². The van der Waals surface area contributed by atoms with Gasteiger partial charge in [-0.05, 0) is 59.8 Å². The quantitative estimate of drug-likeness (QED) is 0.248. The second-order valence-corrected chi connectivity index (χ2v) is 11.2. The van der Waals surface area contributed by atoms with Gasteiger partial charge in [0.15, 0.2) is 0 Å². The fraction of sp³-hybridized carbons (Fsp3) is 0.156. The maximum Gasteiger partial charge on any atom is 0.147 e. The lowest BCUT2D eigenvalue weighted by Gasteiger charge is -2.18. The summed E-state index contributed by atoms with van der Waals surface area (Å²) in [5.74, 6) is 0.835. The van der Waals surface area contributed by atoms with Crippen LogP contribution in [0.1, 0.15) is 29.1 Å². The van der Waals surface area contributed by atoms with E-state index in [0.717, 1.165) is 60.1 Å². The van der Waals surface area contributed by atoms with Gasteiger partial charge in [-0.1, -0.05) is 57.2 Å². The Morgan fingerprint density at radius 2 is 1.67 bits per heavy atom. The molecule has 0 spiro atoms. The van der Waals surface area contributed by atoms with Crippen LogP contribution < -0.4 is 0 Å². The Balaban J connectivity index is 1.48. The molecule has 176 valence electrons. The molecule has 0 saturated heterocycles. The second kappa shape index (κ2) is 7.81. The summed E-state index contributed by atoms with van der Waals surface area (Å²) >= 11 is 1.66. The minimum absolute atomic E-state index is 0.536. The number of rotatable bonds is 3. The first kappa shape index (κ1) is 19.3. The van der Waals surface area contributed by atoms with E-state index in [1.165, 1.54) is 0 Å². The minimum Gasteiger partial charge on any atom is -0.456 e. The number of hydrogen-bond acceptors (Lipinski definition) is 3. The zero-order chi connectivity index (χ0) is 26.2. The maximum atomic E-state index is 8.85. The van der Waals surface area contributed by atoms with E-state index in [2.05, 4.69) is 40.3 Å². The van der Waals surface area contributed by atoms with Crippen molar-refractivity contribution in [2.45, 2.75) is 27.1 Å². The van der Waals surface area contributed by atoms with Gasteiger partial charge < -0.3 is 4.42 Å². The van der Waals surface area contributed by atoms with E-state index in [4.69, 9.17) is 12.1 Å². The molecule has 0 bridgehead atoms. The normalized spacial score (nSPS) is 13.6. The van der Waals surface area contributed by atoms with E-state index in [1.54, 1.807) is 11.3 Å². The number of hydrogen-bond donors (Lipinski definition) is 0. The topological polar surface area (TPSA) is 31.0 Å². The number of furan rings is 1. The van der Waals surface area contributed by atoms with Crippen molar-refractivity contribution >= 4 is 54.4 Å². The molecular formula is C32H26N2OS. The van der Waals surface area contributed by atoms with E-state index in [0.29, 0.717) is 5.56 Å². The number of para-hydroxylation sites is 3. The molecule has 36 heavy (non-hydrogen) atoms. The standard InChI is InChI=1S/C32H26N2OS/c1-32(2,3)18-20-12-15-30-24(16-20)25(19-36-30)31-33-26-9-5-6-10-27(26)34(31)21-13-14-23-22-8-4-7-11-28(22)35-29(23)17-21/h4-17,19H,18H2,1-3H3/i18D2. The average Bonchev–Trinajstić information content (AvgIpc) is 3.59. The van der Waals surface area contributed by atoms with Crippen LogP contribution in [0.5, 0.6) is 0 Å². The van der Waals surface area contributed by atoms with E-state index >= 15 is 0 Å². The summed E-state index contributed by atoms with van der Waals surface area (Å²) in [7, 11) is 0. The molecule has 0 aliphatic heterocycles. The first-order chi connectivity index (χ1) is 18.2. The predicted octanol–water partition coefficient (Wildman–Crippen LogP) is 9.40. The van der Waals surface area contributed by atoms with E-state index in [9.17, 15) is 0 Å². The molecule has 0 saturated carbocycles. The zero-order valence-corrected chi connectivity index (χ0v) is 21.2. The molecule has 0 radical (unpaired) electrons. The highest BCUT2D eigenvalue weighted by Gasteiger charge is 2.20. The third-order valence-corrected chi connectivity index (χ3v) is 7.48. The third-order valence-electron chi connectivity index (χ3n) is 6.52. The van der Waals surface area contributed by atoms with Crippen molar-refractivity contribution in [3.63, 3.8) is 0 Å². The van der Waals surface area contributed by atoms with Crippen LogP contribution in [0.15, 0.2) is 94.7 Å². The van der Waals surface area contributed by atoms with Crippen molar-refractivity contribution in [3.05, 3.63) is 95.9 Å². The number of imidazole rings is 1. The molecule has 0 fully saturated rings. The van der Waals surface area contributed by atoms with Gasteiger partial charge in [0.2, 0.25) is 0 Å². The first-order valence-corrected chi connectivity index (χ1v) is 13.0. The largest absolute Gasteiger partial charge is 0.456 e. The molecular weight excluding hydrogens is 460 g/mol. The molecule has 3 nitrogen and oxygen atoms in total. The van der Waals surface area contributed by atoms with Gasteiger partial charge in [0.05, 0.1) is 16.7 Å². The van der Waals surface area contributed by atoms with Crippen molar-refractivity contribution in [3.8, 4) is 17.1 Å². The Labute approximate surface area is 216 Å². The summed E-state index contributed by atoms with van der Waals surface area (Å²) in [4.78, 5) is 5.09. The van der Waals surface area contributed by atoms with Gasteiger partial charge in [0.1, 0.15) is 17.0 Å². The van der Waals surface area contributed by atoms with Crippen LogP contribution in [0.25, 0.3) is 60.1 Å². The smallest absolute Gasteiger partial charge is 0.147 e. The minimum atomic E-state index is -1.48. The predicted molar refractivity (Wildman–Crippen MR) is 152 cm³/mol. The fourth-order valence-electron chi connectivity index (χ4n) is 5.03. The second-order valence-electron chi connectivity index (χ2n) is 10.3. The van der Waals surface area contributed by atoms with Crippen LogP contribution in [-0.2, 0) is 6.37 Å². The van der Waals surface area contributed by atoms with Crippen molar-refractivity contribution in [2.75, 3.05) is 0 Å². The molecule has 0 aliphatic carbocycles. The zero-order valence-electron chi connectivity index (χ0n) is 22.4. The van der Waals surface area contributed by atoms with Gasteiger partial charge in [0.25, 0.3) is 0 Å². The van der Waals surface area contributed by atoms with Crippen molar-refractivity contribution < 1.29 is 7.16 Å². The highest BCUT2D eigenvalue weighted by atomic mass is 32.1. The number of aromatic nitrogens is 2. The van der Waals surface area contributed by atoms with Crippen LogP contribution in [0.4, 0.5) is 0 Å². The summed E-state index contributed by atoms with van der Waals surface area (Å²) < 4.78 is 27.2. The summed E-state index contributed by atoms with van der Waals surface area (Å²) in [6.45, 7) is 5.83. The lowest BCUT2D eigenvalue weighted by molar-refractivity contribution is 0.411. The summed E-state index contributed by atoms with van der Waals surface area (Å²) in [6.07, 6.45) is -1.48. The first-order valence-electron chi connectivity index (χ1n) is 13.1. The van der Waals surface area contributed by atoms with E-state index in [-0.39, 0.29) is 0 Å². The molecule has 0 atom stereocenters. The highest BCUT2D eigenvalue weighted by Crippen LogP contribution is 2.39. The Kier molecular flexibility index (Phi) is 4.19. The molecule has 0 amide bonds. The van der Waals surface area contributed by atoms with E-state index < -0.39 is 11.8 Å². The molecule has 4 aromatic carbocycles. The van der Waals surface area contributed by atoms with Crippen LogP contribution in [-0.4, -0.2) is 9.55 Å². The third kappa shape index (κ3) is 3.44. The van der Waals surface area contributed by atoms with Crippen LogP contribution >= 0.6 is 11.3 Å². The van der Waals surface area contributed by atoms with Crippen LogP contribution in [0, 0.1) is 5.41 Å². The lowest BCUT2D eigenvalue weighted by Crippen LogP contribution is -2.08. The molecule has 0 aliphatic rings. The molecule has 0 N–H and O–H groups in total. The average molecular weight is 489 g/mol. The number of benzene rings is 4. The van der Waals surface area contributed by atoms with Gasteiger partial charge in [-0.2, -0.15) is 0 Å². The Hall–Kier alpha value is -3.89. The summed E-state index contributed by atoms with van der Waals surface area (Å²) in [5.41, 5.74) is 5.75. The lowest BCUT2D eigenvalue weighted by atomic mass is 9.88. The Bertz CT molecular complexity index is 2010. The van der Waals surface area contributed by atoms with Gasteiger partial charge in [-0.25, -0.2) is 4.98 Å². The maximum absolute atomic E-state index is 8.85. The van der Waals surface area contributed by atoms with Crippen LogP contribution in [0.2, 0.25) is 0 Å². The van der Waals surface area contributed by atoms with Crippen molar-refractivity contribution in [2.24, 2.45) is 5.41 Å².